The molecule has 4 heteroatoms. The molecule has 0 fully saturated rings. The van der Waals surface area contributed by atoms with Crippen LogP contribution in [0.1, 0.15) is 25.0 Å². The number of hydrogen-bond acceptors (Lipinski definition) is 4. The predicted molar refractivity (Wildman–Crippen MR) is 196 cm³/mol. The number of hydrogen-bond donors (Lipinski definition) is 0. The van der Waals surface area contributed by atoms with Gasteiger partial charge in [-0.3, -0.25) is 0 Å². The maximum atomic E-state index is 6.48. The molecule has 0 amide bonds. The molecule has 1 aliphatic rings. The number of benzene rings is 7. The van der Waals surface area contributed by atoms with Crippen molar-refractivity contribution in [2.24, 2.45) is 0 Å². The lowest BCUT2D eigenvalue weighted by atomic mass is 9.82. The third-order valence-electron chi connectivity index (χ3n) is 10.1. The molecule has 48 heavy (non-hydrogen) atoms. The van der Waals surface area contributed by atoms with Gasteiger partial charge in [0, 0.05) is 32.7 Å². The van der Waals surface area contributed by atoms with E-state index in [0.717, 1.165) is 49.4 Å². The van der Waals surface area contributed by atoms with Crippen molar-refractivity contribution >= 4 is 43.5 Å². The number of aromatic nitrogens is 3. The van der Waals surface area contributed by atoms with E-state index in [1.165, 1.54) is 33.0 Å². The van der Waals surface area contributed by atoms with E-state index >= 15 is 0 Å². The van der Waals surface area contributed by atoms with E-state index in [2.05, 4.69) is 129 Å². The highest BCUT2D eigenvalue weighted by Gasteiger charge is 2.35. The molecule has 226 valence electrons. The third-order valence-corrected chi connectivity index (χ3v) is 10.1. The van der Waals surface area contributed by atoms with Crippen LogP contribution in [-0.4, -0.2) is 15.0 Å². The van der Waals surface area contributed by atoms with Crippen molar-refractivity contribution in [3.05, 3.63) is 151 Å². The van der Waals surface area contributed by atoms with Crippen molar-refractivity contribution in [2.45, 2.75) is 19.3 Å². The Morgan fingerprint density at radius 1 is 0.458 bits per heavy atom. The van der Waals surface area contributed by atoms with E-state index in [1.807, 2.05) is 24.3 Å². The number of furan rings is 1. The summed E-state index contributed by atoms with van der Waals surface area (Å²) in [6, 6.07) is 49.0. The first-order chi connectivity index (χ1) is 23.5. The SMILES string of the molecule is CC1(C)c2ccccc2-c2cc(-c3nc(-c4cccc5c4oc4ccccc45)nc(-c4cccc5ccc6ccccc6c45)n3)ccc21. The van der Waals surface area contributed by atoms with Crippen LogP contribution in [0.4, 0.5) is 0 Å². The largest absolute Gasteiger partial charge is 0.455 e. The van der Waals surface area contributed by atoms with Crippen LogP contribution in [0.15, 0.2) is 144 Å². The van der Waals surface area contributed by atoms with Gasteiger partial charge in [0.25, 0.3) is 0 Å². The quantitative estimate of drug-likeness (QED) is 0.186. The van der Waals surface area contributed by atoms with Crippen LogP contribution in [0.5, 0.6) is 0 Å². The van der Waals surface area contributed by atoms with E-state index in [9.17, 15) is 0 Å². The van der Waals surface area contributed by atoms with Crippen LogP contribution >= 0.6 is 0 Å². The van der Waals surface area contributed by atoms with E-state index in [0.29, 0.717) is 17.5 Å². The molecule has 10 rings (SSSR count). The molecule has 0 radical (unpaired) electrons. The molecule has 0 N–H and O–H groups in total. The molecule has 2 heterocycles. The van der Waals surface area contributed by atoms with Crippen LogP contribution in [0.3, 0.4) is 0 Å². The lowest BCUT2D eigenvalue weighted by Crippen LogP contribution is -2.14. The summed E-state index contributed by atoms with van der Waals surface area (Å²) in [6.07, 6.45) is 0. The van der Waals surface area contributed by atoms with Crippen molar-refractivity contribution in [2.75, 3.05) is 0 Å². The Morgan fingerprint density at radius 2 is 1.08 bits per heavy atom. The van der Waals surface area contributed by atoms with Crippen molar-refractivity contribution in [1.29, 1.82) is 0 Å². The van der Waals surface area contributed by atoms with Gasteiger partial charge in [-0.2, -0.15) is 0 Å². The lowest BCUT2D eigenvalue weighted by molar-refractivity contribution is 0.660. The smallest absolute Gasteiger partial charge is 0.167 e. The second-order valence-electron chi connectivity index (χ2n) is 13.2. The molecule has 0 saturated carbocycles. The highest BCUT2D eigenvalue weighted by Crippen LogP contribution is 2.49. The molecular formula is C44H29N3O. The molecule has 0 atom stereocenters. The predicted octanol–water partition coefficient (Wildman–Crippen LogP) is 11.4. The Kier molecular flexibility index (Phi) is 5.59. The number of fused-ring (bicyclic) bond motifs is 9. The fourth-order valence-electron chi connectivity index (χ4n) is 7.77. The Labute approximate surface area is 277 Å². The van der Waals surface area contributed by atoms with Crippen LogP contribution < -0.4 is 0 Å². The maximum Gasteiger partial charge on any atom is 0.167 e. The molecule has 0 saturated heterocycles. The van der Waals surface area contributed by atoms with Crippen molar-refractivity contribution in [3.63, 3.8) is 0 Å². The van der Waals surface area contributed by atoms with E-state index < -0.39 is 0 Å². The van der Waals surface area contributed by atoms with Gasteiger partial charge in [0.05, 0.1) is 5.56 Å². The first-order valence-corrected chi connectivity index (χ1v) is 16.4. The summed E-state index contributed by atoms with van der Waals surface area (Å²) >= 11 is 0. The van der Waals surface area contributed by atoms with Crippen molar-refractivity contribution in [1.82, 2.24) is 15.0 Å². The monoisotopic (exact) mass is 615 g/mol. The highest BCUT2D eigenvalue weighted by atomic mass is 16.3. The fraction of sp³-hybridized carbons (Fsp3) is 0.0682. The summed E-state index contributed by atoms with van der Waals surface area (Å²) in [5.74, 6) is 1.84. The van der Waals surface area contributed by atoms with E-state index in [4.69, 9.17) is 19.4 Å². The molecule has 1 aliphatic carbocycles. The average molecular weight is 616 g/mol. The van der Waals surface area contributed by atoms with Gasteiger partial charge in [-0.25, -0.2) is 15.0 Å². The second kappa shape index (κ2) is 9.93. The van der Waals surface area contributed by atoms with Gasteiger partial charge >= 0.3 is 0 Å². The first kappa shape index (κ1) is 27.0. The van der Waals surface area contributed by atoms with Gasteiger partial charge in [-0.1, -0.05) is 135 Å². The fourth-order valence-corrected chi connectivity index (χ4v) is 7.77. The molecule has 0 spiro atoms. The van der Waals surface area contributed by atoms with Gasteiger partial charge < -0.3 is 4.42 Å². The van der Waals surface area contributed by atoms with Gasteiger partial charge in [-0.15, -0.1) is 0 Å². The van der Waals surface area contributed by atoms with Crippen LogP contribution in [0, 0.1) is 0 Å². The zero-order valence-electron chi connectivity index (χ0n) is 26.5. The van der Waals surface area contributed by atoms with Crippen LogP contribution in [-0.2, 0) is 5.41 Å². The highest BCUT2D eigenvalue weighted by molar-refractivity contribution is 6.14. The molecule has 9 aromatic rings. The minimum atomic E-state index is -0.0825. The van der Waals surface area contributed by atoms with E-state index in [-0.39, 0.29) is 5.41 Å². The third kappa shape index (κ3) is 3.86. The zero-order valence-corrected chi connectivity index (χ0v) is 26.5. The Hall–Kier alpha value is -6.13. The molecule has 0 aliphatic heterocycles. The Morgan fingerprint density at radius 3 is 2.00 bits per heavy atom. The summed E-state index contributed by atoms with van der Waals surface area (Å²) in [7, 11) is 0. The Balaban J connectivity index is 1.26. The topological polar surface area (TPSA) is 51.8 Å². The van der Waals surface area contributed by atoms with Crippen LogP contribution in [0.2, 0.25) is 0 Å². The summed E-state index contributed by atoms with van der Waals surface area (Å²) in [5.41, 5.74) is 9.44. The molecule has 0 unspecified atom stereocenters. The van der Waals surface area contributed by atoms with Gasteiger partial charge in [0.15, 0.2) is 17.5 Å². The summed E-state index contributed by atoms with van der Waals surface area (Å²) < 4.78 is 6.48. The van der Waals surface area contributed by atoms with Crippen molar-refractivity contribution < 1.29 is 4.42 Å². The normalized spacial score (nSPS) is 13.4. The average Bonchev–Trinajstić information content (AvgIpc) is 3.63. The Bertz CT molecular complexity index is 2770. The number of rotatable bonds is 3. The van der Waals surface area contributed by atoms with Crippen LogP contribution in [0.25, 0.3) is 88.8 Å². The van der Waals surface area contributed by atoms with Gasteiger partial charge in [-0.05, 0) is 56.6 Å². The molecular weight excluding hydrogens is 587 g/mol. The van der Waals surface area contributed by atoms with E-state index in [1.54, 1.807) is 0 Å². The minimum Gasteiger partial charge on any atom is -0.455 e. The number of nitrogens with zero attached hydrogens (tertiary/aromatic N) is 3. The zero-order chi connectivity index (χ0) is 32.0. The standard InChI is InChI=1S/C44H29N3O/c1-44(2)36-19-7-5-14-30(36)35-25-28(23-24-37(35)44)41-45-42(33-17-9-12-27-22-21-26-11-3-4-13-29(26)39(27)33)47-43(46-41)34-18-10-16-32-31-15-6-8-20-38(31)48-40(32)34/h3-25H,1-2H3. The molecule has 2 aromatic heterocycles. The molecule has 4 nitrogen and oxygen atoms in total. The lowest BCUT2D eigenvalue weighted by Gasteiger charge is -2.21. The van der Waals surface area contributed by atoms with Crippen molar-refractivity contribution in [3.8, 4) is 45.3 Å². The molecule has 0 bridgehead atoms. The summed E-state index contributed by atoms with van der Waals surface area (Å²) in [5, 5.41) is 6.74. The second-order valence-corrected chi connectivity index (χ2v) is 13.2. The maximum absolute atomic E-state index is 6.48. The first-order valence-electron chi connectivity index (χ1n) is 16.4. The van der Waals surface area contributed by atoms with Gasteiger partial charge in [0.2, 0.25) is 0 Å². The summed E-state index contributed by atoms with van der Waals surface area (Å²) in [6.45, 7) is 4.60. The number of para-hydroxylation sites is 2. The van der Waals surface area contributed by atoms with Gasteiger partial charge in [0.1, 0.15) is 11.2 Å². The molecule has 7 aromatic carbocycles. The minimum absolute atomic E-state index is 0.0825. The summed E-state index contributed by atoms with van der Waals surface area (Å²) in [4.78, 5) is 15.7.